The molecule has 3 rings (SSSR count). The van der Waals surface area contributed by atoms with Crippen LogP contribution in [-0.2, 0) is 0 Å². The normalized spacial score (nSPS) is 10.1. The topological polar surface area (TPSA) is 118 Å². The Hall–Kier alpha value is -3.27. The first-order chi connectivity index (χ1) is 12.1. The molecule has 0 bridgehead atoms. The highest BCUT2D eigenvalue weighted by atomic mass is 79.9. The summed E-state index contributed by atoms with van der Waals surface area (Å²) < 4.78 is 0.796. The smallest absolute Gasteiger partial charge is 0.319 e. The Kier molecular flexibility index (Phi) is 5.00. The van der Waals surface area contributed by atoms with Crippen molar-refractivity contribution < 1.29 is 4.92 Å². The van der Waals surface area contributed by atoms with Crippen molar-refractivity contribution in [3.63, 3.8) is 0 Å². The molecule has 0 unspecified atom stereocenters. The van der Waals surface area contributed by atoms with E-state index in [9.17, 15) is 10.1 Å². The number of rotatable bonds is 6. The summed E-state index contributed by atoms with van der Waals surface area (Å²) in [7, 11) is 0. The number of nitro groups is 1. The molecule has 126 valence electrons. The van der Waals surface area contributed by atoms with Gasteiger partial charge in [0.2, 0.25) is 11.6 Å². The summed E-state index contributed by atoms with van der Waals surface area (Å²) in [6.45, 7) is 0. The first-order valence-corrected chi connectivity index (χ1v) is 7.88. The second-order valence-corrected chi connectivity index (χ2v) is 5.69. The van der Waals surface area contributed by atoms with E-state index in [4.69, 9.17) is 0 Å². The zero-order valence-electron chi connectivity index (χ0n) is 12.7. The molecule has 0 fully saturated rings. The molecule has 25 heavy (non-hydrogen) atoms. The highest BCUT2D eigenvalue weighted by Crippen LogP contribution is 2.30. The highest BCUT2D eigenvalue weighted by molar-refractivity contribution is 9.10. The average Bonchev–Trinajstić information content (AvgIpc) is 2.62. The van der Waals surface area contributed by atoms with Crippen molar-refractivity contribution in [3.05, 3.63) is 69.6 Å². The summed E-state index contributed by atoms with van der Waals surface area (Å²) in [4.78, 5) is 22.9. The van der Waals surface area contributed by atoms with Crippen molar-refractivity contribution in [2.45, 2.75) is 0 Å². The number of anilines is 4. The van der Waals surface area contributed by atoms with E-state index in [1.807, 2.05) is 30.3 Å². The van der Waals surface area contributed by atoms with E-state index >= 15 is 0 Å². The molecule has 0 saturated heterocycles. The molecule has 3 N–H and O–H groups in total. The van der Waals surface area contributed by atoms with Crippen molar-refractivity contribution in [1.82, 2.24) is 15.0 Å². The van der Waals surface area contributed by atoms with Gasteiger partial charge in [-0.2, -0.15) is 0 Å². The summed E-state index contributed by atoms with van der Waals surface area (Å²) >= 11 is 3.28. The third-order valence-electron chi connectivity index (χ3n) is 3.08. The molecule has 0 saturated carbocycles. The van der Waals surface area contributed by atoms with E-state index in [1.54, 1.807) is 18.3 Å². The van der Waals surface area contributed by atoms with E-state index in [0.29, 0.717) is 5.82 Å². The number of aromatic nitrogens is 3. The SMILES string of the molecule is O=[N+]([O-])c1c(NNc2ccccc2)ncnc1Nc1ccc(Br)cn1. The molecule has 10 heteroatoms. The fourth-order valence-electron chi connectivity index (χ4n) is 1.96. The lowest BCUT2D eigenvalue weighted by Crippen LogP contribution is -2.13. The number of pyridine rings is 1. The Morgan fingerprint density at radius 2 is 1.72 bits per heavy atom. The van der Waals surface area contributed by atoms with Gasteiger partial charge in [-0.05, 0) is 40.2 Å². The van der Waals surface area contributed by atoms with Crippen LogP contribution in [-0.4, -0.2) is 19.9 Å². The predicted octanol–water partition coefficient (Wildman–Crippen LogP) is 3.72. The van der Waals surface area contributed by atoms with Gasteiger partial charge in [0.15, 0.2) is 0 Å². The van der Waals surface area contributed by atoms with E-state index in [-0.39, 0.29) is 17.3 Å². The second-order valence-electron chi connectivity index (χ2n) is 4.78. The molecule has 3 aromatic rings. The Bertz CT molecular complexity index is 875. The minimum Gasteiger partial charge on any atom is -0.319 e. The van der Waals surface area contributed by atoms with Gasteiger partial charge in [0.25, 0.3) is 0 Å². The summed E-state index contributed by atoms with van der Waals surface area (Å²) in [5.74, 6) is 0.489. The Labute approximate surface area is 150 Å². The quantitative estimate of drug-likeness (QED) is 0.422. The van der Waals surface area contributed by atoms with Gasteiger partial charge in [0.05, 0.1) is 10.6 Å². The third kappa shape index (κ3) is 4.18. The standard InChI is InChI=1S/C15H12BrN7O2/c16-10-6-7-12(17-8-10)20-14-13(23(24)25)15(19-9-18-14)22-21-11-4-2-1-3-5-11/h1-9,21H,(H2,17,18,19,20,22). The van der Waals surface area contributed by atoms with Gasteiger partial charge >= 0.3 is 5.69 Å². The van der Waals surface area contributed by atoms with Crippen LogP contribution in [0.3, 0.4) is 0 Å². The summed E-state index contributed by atoms with van der Waals surface area (Å²) in [5.41, 5.74) is 6.04. The monoisotopic (exact) mass is 401 g/mol. The molecule has 2 heterocycles. The zero-order valence-corrected chi connectivity index (χ0v) is 14.3. The van der Waals surface area contributed by atoms with Crippen molar-refractivity contribution in [2.24, 2.45) is 0 Å². The number of hydrogen-bond acceptors (Lipinski definition) is 8. The molecule has 0 aliphatic carbocycles. The fourth-order valence-corrected chi connectivity index (χ4v) is 2.19. The molecule has 0 radical (unpaired) electrons. The van der Waals surface area contributed by atoms with E-state index in [1.165, 1.54) is 6.33 Å². The van der Waals surface area contributed by atoms with Crippen molar-refractivity contribution in [1.29, 1.82) is 0 Å². The summed E-state index contributed by atoms with van der Waals surface area (Å²) in [6, 6.07) is 12.6. The average molecular weight is 402 g/mol. The van der Waals surface area contributed by atoms with Crippen LogP contribution in [0.25, 0.3) is 0 Å². The maximum atomic E-state index is 11.5. The van der Waals surface area contributed by atoms with Crippen LogP contribution < -0.4 is 16.2 Å². The van der Waals surface area contributed by atoms with Crippen molar-refractivity contribution in [2.75, 3.05) is 16.2 Å². The maximum Gasteiger partial charge on any atom is 0.355 e. The van der Waals surface area contributed by atoms with Gasteiger partial charge < -0.3 is 5.32 Å². The van der Waals surface area contributed by atoms with Crippen molar-refractivity contribution >= 4 is 44.8 Å². The molecule has 0 aliphatic heterocycles. The second kappa shape index (κ2) is 7.53. The molecular weight excluding hydrogens is 390 g/mol. The van der Waals surface area contributed by atoms with Crippen molar-refractivity contribution in [3.8, 4) is 0 Å². The van der Waals surface area contributed by atoms with Crippen LogP contribution in [0, 0.1) is 10.1 Å². The lowest BCUT2D eigenvalue weighted by atomic mass is 10.3. The van der Waals surface area contributed by atoms with Crippen LogP contribution in [0.5, 0.6) is 0 Å². The predicted molar refractivity (Wildman–Crippen MR) is 97.6 cm³/mol. The number of hydrogen-bond donors (Lipinski definition) is 3. The van der Waals surface area contributed by atoms with E-state index in [2.05, 4.69) is 47.1 Å². The van der Waals surface area contributed by atoms with Gasteiger partial charge in [0.1, 0.15) is 12.1 Å². The van der Waals surface area contributed by atoms with Crippen LogP contribution in [0.15, 0.2) is 59.5 Å². The fraction of sp³-hybridized carbons (Fsp3) is 0. The molecule has 2 aromatic heterocycles. The maximum absolute atomic E-state index is 11.5. The Balaban J connectivity index is 1.86. The first kappa shape index (κ1) is 16.6. The minimum atomic E-state index is -0.559. The molecule has 0 atom stereocenters. The third-order valence-corrected chi connectivity index (χ3v) is 3.55. The van der Waals surface area contributed by atoms with Gasteiger partial charge in [0, 0.05) is 10.7 Å². The zero-order chi connectivity index (χ0) is 17.6. The molecule has 9 nitrogen and oxygen atoms in total. The molecule has 0 aliphatic rings. The van der Waals surface area contributed by atoms with Gasteiger partial charge in [-0.1, -0.05) is 18.2 Å². The lowest BCUT2D eigenvalue weighted by Gasteiger charge is -2.11. The summed E-state index contributed by atoms with van der Waals surface area (Å²) in [5, 5.41) is 14.3. The number of nitrogens with one attached hydrogen (secondary N) is 3. The number of halogens is 1. The Morgan fingerprint density at radius 1 is 0.960 bits per heavy atom. The van der Waals surface area contributed by atoms with E-state index < -0.39 is 4.92 Å². The molecule has 0 spiro atoms. The van der Waals surface area contributed by atoms with Crippen LogP contribution in [0.2, 0.25) is 0 Å². The van der Waals surface area contributed by atoms with Gasteiger partial charge in [-0.3, -0.25) is 21.0 Å². The number of nitrogens with zero attached hydrogens (tertiary/aromatic N) is 4. The Morgan fingerprint density at radius 3 is 2.40 bits per heavy atom. The molecule has 1 aromatic carbocycles. The van der Waals surface area contributed by atoms with E-state index in [0.717, 1.165) is 10.2 Å². The first-order valence-electron chi connectivity index (χ1n) is 7.08. The number of benzene rings is 1. The number of hydrazine groups is 1. The molecule has 0 amide bonds. The largest absolute Gasteiger partial charge is 0.355 e. The molecular formula is C15H12BrN7O2. The lowest BCUT2D eigenvalue weighted by molar-refractivity contribution is -0.383. The van der Waals surface area contributed by atoms with Gasteiger partial charge in [-0.25, -0.2) is 15.0 Å². The van der Waals surface area contributed by atoms with Crippen LogP contribution >= 0.6 is 15.9 Å². The minimum absolute atomic E-state index is 0.0310. The van der Waals surface area contributed by atoms with Crippen LogP contribution in [0.4, 0.5) is 28.8 Å². The van der Waals surface area contributed by atoms with Gasteiger partial charge in [-0.15, -0.1) is 0 Å². The number of para-hydroxylation sites is 1. The van der Waals surface area contributed by atoms with Crippen LogP contribution in [0.1, 0.15) is 0 Å². The highest BCUT2D eigenvalue weighted by Gasteiger charge is 2.23. The summed E-state index contributed by atoms with van der Waals surface area (Å²) in [6.07, 6.45) is 2.80.